The highest BCUT2D eigenvalue weighted by Crippen LogP contribution is 2.48. The van der Waals surface area contributed by atoms with Gasteiger partial charge in [0.2, 0.25) is 5.91 Å². The molecule has 1 aromatic heterocycles. The monoisotopic (exact) mass is 544 g/mol. The largest absolute Gasteiger partial charge is 0.488 e. The van der Waals surface area contributed by atoms with E-state index in [2.05, 4.69) is 59.1 Å². The molecule has 1 amide bonds. The van der Waals surface area contributed by atoms with E-state index in [1.54, 1.807) is 6.92 Å². The van der Waals surface area contributed by atoms with Gasteiger partial charge in [0.25, 0.3) is 0 Å². The summed E-state index contributed by atoms with van der Waals surface area (Å²) < 4.78 is 12.7. The lowest BCUT2D eigenvalue weighted by atomic mass is 10.0. The molecule has 0 bridgehead atoms. The molecule has 0 saturated carbocycles. The van der Waals surface area contributed by atoms with Gasteiger partial charge in [-0.05, 0) is 42.6 Å². The van der Waals surface area contributed by atoms with Crippen molar-refractivity contribution in [2.75, 3.05) is 30.1 Å². The summed E-state index contributed by atoms with van der Waals surface area (Å²) in [6.07, 6.45) is 3.58. The fourth-order valence-electron chi connectivity index (χ4n) is 5.35. The van der Waals surface area contributed by atoms with Crippen LogP contribution in [0.3, 0.4) is 0 Å². The third-order valence-electron chi connectivity index (χ3n) is 7.49. The summed E-state index contributed by atoms with van der Waals surface area (Å²) in [5.74, 6) is 0.910. The van der Waals surface area contributed by atoms with Crippen molar-refractivity contribution in [3.8, 4) is 5.75 Å². The van der Waals surface area contributed by atoms with Crippen LogP contribution in [-0.2, 0) is 16.1 Å². The molecule has 1 fully saturated rings. The molecule has 2 aliphatic rings. The summed E-state index contributed by atoms with van der Waals surface area (Å²) in [5.41, 5.74) is 5.13. The molecule has 8 heteroatoms. The van der Waals surface area contributed by atoms with Crippen LogP contribution in [0.2, 0.25) is 25.7 Å². The van der Waals surface area contributed by atoms with Crippen LogP contribution in [-0.4, -0.2) is 43.7 Å². The molecular formula is C31H40N4O3Si. The predicted octanol–water partition coefficient (Wildman–Crippen LogP) is 6.59. The maximum absolute atomic E-state index is 12.5. The second-order valence-electron chi connectivity index (χ2n) is 11.7. The van der Waals surface area contributed by atoms with Crippen molar-refractivity contribution in [2.45, 2.75) is 64.3 Å². The first kappa shape index (κ1) is 27.2. The van der Waals surface area contributed by atoms with Crippen LogP contribution < -0.4 is 15.0 Å². The Labute approximate surface area is 233 Å². The summed E-state index contributed by atoms with van der Waals surface area (Å²) in [5, 5.41) is 3.68. The maximum atomic E-state index is 12.5. The van der Waals surface area contributed by atoms with Crippen molar-refractivity contribution in [3.63, 3.8) is 0 Å². The average molecular weight is 545 g/mol. The minimum atomic E-state index is -1.20. The van der Waals surface area contributed by atoms with Gasteiger partial charge in [-0.3, -0.25) is 9.78 Å². The summed E-state index contributed by atoms with van der Waals surface area (Å²) in [6, 6.07) is 21.6. The van der Waals surface area contributed by atoms with Gasteiger partial charge in [0.15, 0.2) is 0 Å². The van der Waals surface area contributed by atoms with Gasteiger partial charge in [0.1, 0.15) is 25.3 Å². The van der Waals surface area contributed by atoms with E-state index < -0.39 is 8.07 Å². The van der Waals surface area contributed by atoms with Gasteiger partial charge >= 0.3 is 0 Å². The summed E-state index contributed by atoms with van der Waals surface area (Å²) in [6.45, 7) is 11.2. The molecule has 0 spiro atoms. The lowest BCUT2D eigenvalue weighted by Crippen LogP contribution is -2.32. The Morgan fingerprint density at radius 2 is 1.90 bits per heavy atom. The zero-order valence-electron chi connectivity index (χ0n) is 23.5. The van der Waals surface area contributed by atoms with Gasteiger partial charge in [0, 0.05) is 46.0 Å². The van der Waals surface area contributed by atoms with E-state index in [1.165, 1.54) is 0 Å². The van der Waals surface area contributed by atoms with Gasteiger partial charge in [-0.15, -0.1) is 0 Å². The van der Waals surface area contributed by atoms with Crippen LogP contribution in [0.1, 0.15) is 48.8 Å². The van der Waals surface area contributed by atoms with Crippen molar-refractivity contribution >= 4 is 25.4 Å². The first-order valence-corrected chi connectivity index (χ1v) is 17.6. The van der Waals surface area contributed by atoms with Crippen LogP contribution in [0.5, 0.6) is 5.75 Å². The number of likely N-dealkylation sites (tertiary alicyclic amines) is 1. The molecule has 3 heterocycles. The van der Waals surface area contributed by atoms with Crippen LogP contribution in [0, 0.1) is 0 Å². The van der Waals surface area contributed by atoms with E-state index in [0.717, 1.165) is 66.0 Å². The second kappa shape index (κ2) is 11.8. The fourth-order valence-corrected chi connectivity index (χ4v) is 6.10. The number of carbonyl (C=O) groups excluding carboxylic acids is 1. The first-order valence-electron chi connectivity index (χ1n) is 13.9. The molecule has 39 heavy (non-hydrogen) atoms. The Morgan fingerprint density at radius 3 is 2.62 bits per heavy atom. The van der Waals surface area contributed by atoms with E-state index in [1.807, 2.05) is 47.5 Å². The van der Waals surface area contributed by atoms with Crippen molar-refractivity contribution in [2.24, 2.45) is 0 Å². The van der Waals surface area contributed by atoms with Crippen molar-refractivity contribution in [1.82, 2.24) is 9.88 Å². The topological polar surface area (TPSA) is 66.9 Å². The SMILES string of the molecule is CC(=O)N1CCCC1c1cc2c(cc1OCc1ccccc1)NC(c1ccccn1)N2COCC[Si](C)(C)C. The molecule has 2 unspecified atom stereocenters. The lowest BCUT2D eigenvalue weighted by molar-refractivity contribution is -0.129. The maximum Gasteiger partial charge on any atom is 0.219 e. The van der Waals surface area contributed by atoms with Gasteiger partial charge in [-0.25, -0.2) is 0 Å². The molecule has 5 rings (SSSR count). The number of benzene rings is 2. The number of amides is 1. The molecule has 7 nitrogen and oxygen atoms in total. The van der Waals surface area contributed by atoms with Crippen molar-refractivity contribution < 1.29 is 14.3 Å². The standard InChI is InChI=1S/C31H40N4O3Si/c1-23(36)34-16-10-14-28(34)25-19-29-27(20-30(25)38-21-24-11-6-5-7-12-24)33-31(26-13-8-9-15-32-26)35(29)22-37-17-18-39(2,3)4/h5-9,11-13,15,19-20,28,31,33H,10,14,16-18,21-22H2,1-4H3. The summed E-state index contributed by atoms with van der Waals surface area (Å²) >= 11 is 0. The minimum Gasteiger partial charge on any atom is -0.488 e. The number of anilines is 2. The number of aromatic nitrogens is 1. The number of rotatable bonds is 10. The molecule has 3 aromatic rings. The van der Waals surface area contributed by atoms with Gasteiger partial charge in [-0.1, -0.05) is 56.0 Å². The first-order chi connectivity index (χ1) is 18.8. The Bertz CT molecular complexity index is 1270. The van der Waals surface area contributed by atoms with Crippen molar-refractivity contribution in [3.05, 3.63) is 83.7 Å². The number of fused-ring (bicyclic) bond motifs is 1. The predicted molar refractivity (Wildman–Crippen MR) is 159 cm³/mol. The molecule has 0 radical (unpaired) electrons. The molecule has 2 aliphatic heterocycles. The molecular weight excluding hydrogens is 504 g/mol. The van der Waals surface area contributed by atoms with E-state index in [9.17, 15) is 4.79 Å². The van der Waals surface area contributed by atoms with E-state index in [-0.39, 0.29) is 18.1 Å². The zero-order chi connectivity index (χ0) is 27.4. The number of hydrogen-bond acceptors (Lipinski definition) is 6. The van der Waals surface area contributed by atoms with Crippen molar-refractivity contribution in [1.29, 1.82) is 0 Å². The van der Waals surface area contributed by atoms with E-state index in [4.69, 9.17) is 9.47 Å². The Balaban J connectivity index is 1.50. The Morgan fingerprint density at radius 1 is 1.10 bits per heavy atom. The fraction of sp³-hybridized carbons (Fsp3) is 0.419. The highest BCUT2D eigenvalue weighted by Gasteiger charge is 2.36. The smallest absolute Gasteiger partial charge is 0.219 e. The third-order valence-corrected chi connectivity index (χ3v) is 9.19. The number of hydrogen-bond donors (Lipinski definition) is 1. The third kappa shape index (κ3) is 6.45. The number of nitrogens with zero attached hydrogens (tertiary/aromatic N) is 3. The normalized spacial score (nSPS) is 18.7. The highest BCUT2D eigenvalue weighted by atomic mass is 28.3. The molecule has 2 aromatic carbocycles. The molecule has 2 atom stereocenters. The quantitative estimate of drug-likeness (QED) is 0.230. The van der Waals surface area contributed by atoms with Gasteiger partial charge in [-0.2, -0.15) is 0 Å². The van der Waals surface area contributed by atoms with Crippen LogP contribution >= 0.6 is 0 Å². The number of carbonyl (C=O) groups is 1. The minimum absolute atomic E-state index is 0.0119. The van der Waals surface area contributed by atoms with E-state index in [0.29, 0.717) is 13.3 Å². The number of nitrogens with one attached hydrogen (secondary N) is 1. The average Bonchev–Trinajstić information content (AvgIpc) is 3.55. The van der Waals surface area contributed by atoms with Gasteiger partial charge < -0.3 is 24.6 Å². The summed E-state index contributed by atoms with van der Waals surface area (Å²) in [4.78, 5) is 21.4. The van der Waals surface area contributed by atoms with Crippen LogP contribution in [0.4, 0.5) is 11.4 Å². The Hall–Kier alpha value is -3.36. The van der Waals surface area contributed by atoms with E-state index >= 15 is 0 Å². The number of pyridine rings is 1. The molecule has 1 saturated heterocycles. The van der Waals surface area contributed by atoms with Crippen LogP contribution in [0.15, 0.2) is 66.9 Å². The van der Waals surface area contributed by atoms with Crippen LogP contribution in [0.25, 0.3) is 0 Å². The molecule has 1 N–H and O–H groups in total. The second-order valence-corrected chi connectivity index (χ2v) is 17.3. The number of ether oxygens (including phenoxy) is 2. The lowest BCUT2D eigenvalue weighted by Gasteiger charge is -2.29. The molecule has 206 valence electrons. The zero-order valence-corrected chi connectivity index (χ0v) is 24.5. The molecule has 0 aliphatic carbocycles. The summed E-state index contributed by atoms with van der Waals surface area (Å²) in [7, 11) is -1.20. The Kier molecular flexibility index (Phi) is 8.23. The van der Waals surface area contributed by atoms with Gasteiger partial charge in [0.05, 0.1) is 23.1 Å². The highest BCUT2D eigenvalue weighted by molar-refractivity contribution is 6.76.